The zero-order valence-electron chi connectivity index (χ0n) is 13.7. The average molecular weight is 365 g/mol. The minimum Gasteiger partial charge on any atom is -0.349 e. The van der Waals surface area contributed by atoms with Crippen LogP contribution in [0.3, 0.4) is 0 Å². The lowest BCUT2D eigenvalue weighted by molar-refractivity contribution is -0.119. The van der Waals surface area contributed by atoms with Crippen molar-refractivity contribution < 1.29 is 4.79 Å². The molecule has 128 valence electrons. The molecular formula is C17H21ClN4OS. The first-order chi connectivity index (χ1) is 11.6. The van der Waals surface area contributed by atoms with Gasteiger partial charge in [0, 0.05) is 18.0 Å². The molecule has 3 rings (SSSR count). The van der Waals surface area contributed by atoms with Crippen molar-refractivity contribution >= 4 is 29.3 Å². The van der Waals surface area contributed by atoms with Gasteiger partial charge in [0.15, 0.2) is 5.16 Å². The highest BCUT2D eigenvalue weighted by atomic mass is 35.5. The number of fused-ring (bicyclic) bond motifs is 1. The second kappa shape index (κ2) is 8.03. The molecule has 1 atom stereocenters. The Bertz CT molecular complexity index is 718. The summed E-state index contributed by atoms with van der Waals surface area (Å²) < 4.78 is 2.16. The second-order valence-electron chi connectivity index (χ2n) is 5.96. The summed E-state index contributed by atoms with van der Waals surface area (Å²) in [4.78, 5) is 12.2. The quantitative estimate of drug-likeness (QED) is 0.823. The van der Waals surface area contributed by atoms with E-state index in [2.05, 4.69) is 20.1 Å². The van der Waals surface area contributed by atoms with Crippen molar-refractivity contribution in [2.24, 2.45) is 0 Å². The molecular weight excluding hydrogens is 344 g/mol. The highest BCUT2D eigenvalue weighted by molar-refractivity contribution is 7.99. The van der Waals surface area contributed by atoms with E-state index < -0.39 is 0 Å². The van der Waals surface area contributed by atoms with Gasteiger partial charge in [-0.25, -0.2) is 0 Å². The van der Waals surface area contributed by atoms with Gasteiger partial charge in [0.25, 0.3) is 0 Å². The van der Waals surface area contributed by atoms with Gasteiger partial charge in [0.1, 0.15) is 5.82 Å². The first-order valence-electron chi connectivity index (χ1n) is 8.24. The number of nitrogens with zero attached hydrogens (tertiary/aromatic N) is 3. The lowest BCUT2D eigenvalue weighted by Gasteiger charge is -2.15. The maximum absolute atomic E-state index is 12.2. The van der Waals surface area contributed by atoms with Crippen LogP contribution in [0, 0.1) is 0 Å². The van der Waals surface area contributed by atoms with Crippen molar-refractivity contribution in [3.63, 3.8) is 0 Å². The van der Waals surface area contributed by atoms with Crippen molar-refractivity contribution in [2.75, 3.05) is 5.75 Å². The number of thioether (sulfide) groups is 1. The predicted molar refractivity (Wildman–Crippen MR) is 96.3 cm³/mol. The molecule has 1 aromatic heterocycles. The lowest BCUT2D eigenvalue weighted by atomic mass is 10.1. The third-order valence-corrected chi connectivity index (χ3v) is 5.47. The van der Waals surface area contributed by atoms with Crippen LogP contribution in [0.15, 0.2) is 29.4 Å². The van der Waals surface area contributed by atoms with E-state index in [1.807, 2.05) is 31.2 Å². The number of aryl methyl sites for hydroxylation is 1. The van der Waals surface area contributed by atoms with Crippen LogP contribution in [0.4, 0.5) is 0 Å². The Labute approximate surface area is 151 Å². The molecule has 2 heterocycles. The van der Waals surface area contributed by atoms with Crippen LogP contribution in [0.1, 0.15) is 43.6 Å². The Morgan fingerprint density at radius 3 is 3.00 bits per heavy atom. The van der Waals surface area contributed by atoms with Crippen molar-refractivity contribution in [1.29, 1.82) is 0 Å². The van der Waals surface area contributed by atoms with Crippen LogP contribution in [0.25, 0.3) is 0 Å². The topological polar surface area (TPSA) is 59.8 Å². The summed E-state index contributed by atoms with van der Waals surface area (Å²) in [5.41, 5.74) is 0.925. The number of carbonyl (C=O) groups is 1. The van der Waals surface area contributed by atoms with Gasteiger partial charge in [-0.15, -0.1) is 10.2 Å². The predicted octanol–water partition coefficient (Wildman–Crippen LogP) is 3.63. The first-order valence-corrected chi connectivity index (χ1v) is 9.60. The normalized spacial score (nSPS) is 15.4. The molecule has 0 unspecified atom stereocenters. The monoisotopic (exact) mass is 364 g/mol. The van der Waals surface area contributed by atoms with E-state index in [4.69, 9.17) is 11.6 Å². The SMILES string of the molecule is C[C@@H](NC(=O)CSc1nnc2n1CCCCC2)c1ccccc1Cl. The van der Waals surface area contributed by atoms with E-state index in [0.717, 1.165) is 35.9 Å². The fourth-order valence-electron chi connectivity index (χ4n) is 2.88. The van der Waals surface area contributed by atoms with Crippen LogP contribution in [-0.2, 0) is 17.8 Å². The molecule has 1 aromatic carbocycles. The van der Waals surface area contributed by atoms with Crippen LogP contribution in [0.2, 0.25) is 5.02 Å². The van der Waals surface area contributed by atoms with Crippen molar-refractivity contribution in [2.45, 2.75) is 50.4 Å². The average Bonchev–Trinajstić information content (AvgIpc) is 2.80. The largest absolute Gasteiger partial charge is 0.349 e. The van der Waals surface area contributed by atoms with Gasteiger partial charge in [0.05, 0.1) is 11.8 Å². The van der Waals surface area contributed by atoms with Gasteiger partial charge < -0.3 is 9.88 Å². The van der Waals surface area contributed by atoms with Crippen molar-refractivity contribution in [1.82, 2.24) is 20.1 Å². The molecule has 0 fully saturated rings. The highest BCUT2D eigenvalue weighted by Gasteiger charge is 2.17. The third kappa shape index (κ3) is 4.11. The molecule has 1 amide bonds. The van der Waals surface area contributed by atoms with Gasteiger partial charge in [-0.1, -0.05) is 48.0 Å². The molecule has 0 bridgehead atoms. The van der Waals surface area contributed by atoms with Crippen molar-refractivity contribution in [3.8, 4) is 0 Å². The van der Waals surface area contributed by atoms with Crippen LogP contribution < -0.4 is 5.32 Å². The zero-order valence-corrected chi connectivity index (χ0v) is 15.2. The summed E-state index contributed by atoms with van der Waals surface area (Å²) in [7, 11) is 0. The van der Waals surface area contributed by atoms with E-state index >= 15 is 0 Å². The minimum atomic E-state index is -0.123. The standard InChI is InChI=1S/C17H21ClN4OS/c1-12(13-7-4-5-8-14(13)18)19-16(23)11-24-17-21-20-15-9-3-2-6-10-22(15)17/h4-5,7-8,12H,2-3,6,9-11H2,1H3,(H,19,23)/t12-/m1/s1. The summed E-state index contributed by atoms with van der Waals surface area (Å²) in [6.45, 7) is 2.88. The molecule has 0 aliphatic carbocycles. The minimum absolute atomic E-state index is 0.0293. The summed E-state index contributed by atoms with van der Waals surface area (Å²) in [5.74, 6) is 1.34. The Kier molecular flexibility index (Phi) is 5.79. The van der Waals surface area contributed by atoms with Crippen LogP contribution in [-0.4, -0.2) is 26.4 Å². The maximum atomic E-state index is 12.2. The number of nitrogens with one attached hydrogen (secondary N) is 1. The van der Waals surface area contributed by atoms with E-state index in [9.17, 15) is 4.79 Å². The number of amides is 1. The molecule has 0 saturated heterocycles. The molecule has 0 radical (unpaired) electrons. The Balaban J connectivity index is 1.56. The van der Waals surface area contributed by atoms with Gasteiger partial charge in [-0.2, -0.15) is 0 Å². The number of aromatic nitrogens is 3. The van der Waals surface area contributed by atoms with Crippen LogP contribution >= 0.6 is 23.4 Å². The number of rotatable bonds is 5. The fraction of sp³-hybridized carbons (Fsp3) is 0.471. The summed E-state index contributed by atoms with van der Waals surface area (Å²) >= 11 is 7.62. The van der Waals surface area contributed by atoms with Crippen molar-refractivity contribution in [3.05, 3.63) is 40.7 Å². The highest BCUT2D eigenvalue weighted by Crippen LogP contribution is 2.24. The number of halogens is 1. The summed E-state index contributed by atoms with van der Waals surface area (Å²) in [5, 5.41) is 13.0. The number of carbonyl (C=O) groups excluding carboxylic acids is 1. The molecule has 1 aliphatic heterocycles. The lowest BCUT2D eigenvalue weighted by Crippen LogP contribution is -2.28. The molecule has 1 aliphatic rings. The molecule has 0 saturated carbocycles. The molecule has 24 heavy (non-hydrogen) atoms. The fourth-order valence-corrected chi connectivity index (χ4v) is 3.98. The van der Waals surface area contributed by atoms with Gasteiger partial charge in [0.2, 0.25) is 5.91 Å². The Hall–Kier alpha value is -1.53. The smallest absolute Gasteiger partial charge is 0.230 e. The molecule has 1 N–H and O–H groups in total. The Morgan fingerprint density at radius 2 is 2.17 bits per heavy atom. The second-order valence-corrected chi connectivity index (χ2v) is 7.31. The van der Waals surface area contributed by atoms with Gasteiger partial charge >= 0.3 is 0 Å². The molecule has 5 nitrogen and oxygen atoms in total. The molecule has 7 heteroatoms. The number of hydrogen-bond donors (Lipinski definition) is 1. The van der Waals surface area contributed by atoms with E-state index in [1.165, 1.54) is 24.6 Å². The maximum Gasteiger partial charge on any atom is 0.230 e. The first kappa shape index (κ1) is 17.3. The number of hydrogen-bond acceptors (Lipinski definition) is 4. The molecule has 2 aromatic rings. The van der Waals surface area contributed by atoms with E-state index in [0.29, 0.717) is 10.8 Å². The zero-order chi connectivity index (χ0) is 16.9. The third-order valence-electron chi connectivity index (χ3n) is 4.16. The van der Waals surface area contributed by atoms with E-state index in [1.54, 1.807) is 0 Å². The number of benzene rings is 1. The van der Waals surface area contributed by atoms with Gasteiger partial charge in [-0.3, -0.25) is 4.79 Å². The summed E-state index contributed by atoms with van der Waals surface area (Å²) in [6, 6.07) is 7.44. The van der Waals surface area contributed by atoms with Crippen LogP contribution in [0.5, 0.6) is 0 Å². The van der Waals surface area contributed by atoms with Gasteiger partial charge in [-0.05, 0) is 31.4 Å². The van der Waals surface area contributed by atoms with E-state index in [-0.39, 0.29) is 11.9 Å². The summed E-state index contributed by atoms with van der Waals surface area (Å²) in [6.07, 6.45) is 4.51. The molecule has 0 spiro atoms. The Morgan fingerprint density at radius 1 is 1.33 bits per heavy atom.